The number of fused-ring (bicyclic) bond motifs is 1. The van der Waals surface area contributed by atoms with Gasteiger partial charge in [0.05, 0.1) is 6.54 Å². The number of hydrogen-bond donors (Lipinski definition) is 0. The smallest absolute Gasteiger partial charge is 0.160 e. The molecule has 96 valence electrons. The standard InChI is InChI=1S/C14H11ClIN3/c1-9-18-13-3-2-6-17-14(13)19(9)8-10-4-5-11(16)7-12(10)15/h2-7H,8H2,1H3. The van der Waals surface area contributed by atoms with Crippen LogP contribution in [-0.4, -0.2) is 14.5 Å². The monoisotopic (exact) mass is 383 g/mol. The summed E-state index contributed by atoms with van der Waals surface area (Å²) in [5.74, 6) is 0.948. The third-order valence-electron chi connectivity index (χ3n) is 3.04. The predicted molar refractivity (Wildman–Crippen MR) is 85.5 cm³/mol. The Morgan fingerprint density at radius 2 is 2.16 bits per heavy atom. The quantitative estimate of drug-likeness (QED) is 0.625. The summed E-state index contributed by atoms with van der Waals surface area (Å²) < 4.78 is 3.22. The van der Waals surface area contributed by atoms with Crippen molar-refractivity contribution in [3.8, 4) is 0 Å². The van der Waals surface area contributed by atoms with E-state index in [1.165, 1.54) is 0 Å². The summed E-state index contributed by atoms with van der Waals surface area (Å²) in [7, 11) is 0. The molecule has 3 aromatic rings. The van der Waals surface area contributed by atoms with Crippen LogP contribution in [-0.2, 0) is 6.54 Å². The van der Waals surface area contributed by atoms with E-state index in [1.807, 2.05) is 25.1 Å². The highest BCUT2D eigenvalue weighted by molar-refractivity contribution is 14.1. The van der Waals surface area contributed by atoms with Gasteiger partial charge in [0.2, 0.25) is 0 Å². The lowest BCUT2D eigenvalue weighted by Crippen LogP contribution is -2.03. The first kappa shape index (κ1) is 12.9. The molecule has 0 spiro atoms. The maximum Gasteiger partial charge on any atom is 0.160 e. The third kappa shape index (κ3) is 2.47. The molecule has 5 heteroatoms. The average Bonchev–Trinajstić information content (AvgIpc) is 2.69. The summed E-state index contributed by atoms with van der Waals surface area (Å²) in [6, 6.07) is 9.96. The number of aryl methyl sites for hydroxylation is 1. The highest BCUT2D eigenvalue weighted by Gasteiger charge is 2.10. The number of halogens is 2. The minimum atomic E-state index is 0.690. The van der Waals surface area contributed by atoms with Crippen molar-refractivity contribution in [1.82, 2.24) is 14.5 Å². The maximum absolute atomic E-state index is 6.29. The van der Waals surface area contributed by atoms with Gasteiger partial charge in [0.1, 0.15) is 11.3 Å². The summed E-state index contributed by atoms with van der Waals surface area (Å²) in [6.07, 6.45) is 1.79. The lowest BCUT2D eigenvalue weighted by atomic mass is 10.2. The van der Waals surface area contributed by atoms with Gasteiger partial charge in [-0.1, -0.05) is 17.7 Å². The van der Waals surface area contributed by atoms with Crippen molar-refractivity contribution in [2.24, 2.45) is 0 Å². The van der Waals surface area contributed by atoms with Gasteiger partial charge in [-0.2, -0.15) is 0 Å². The molecule has 0 aliphatic carbocycles. The van der Waals surface area contributed by atoms with Crippen molar-refractivity contribution in [3.05, 3.63) is 56.5 Å². The zero-order valence-corrected chi connectivity index (χ0v) is 13.2. The lowest BCUT2D eigenvalue weighted by molar-refractivity contribution is 0.777. The number of aromatic nitrogens is 3. The number of imidazole rings is 1. The molecule has 0 aliphatic rings. The van der Waals surface area contributed by atoms with Crippen molar-refractivity contribution >= 4 is 45.4 Å². The summed E-state index contributed by atoms with van der Waals surface area (Å²) in [5, 5.41) is 0.782. The Labute approximate surface area is 129 Å². The first-order chi connectivity index (χ1) is 9.15. The van der Waals surface area contributed by atoms with Crippen molar-refractivity contribution in [3.63, 3.8) is 0 Å². The molecular formula is C14H11ClIN3. The molecule has 0 fully saturated rings. The molecule has 0 radical (unpaired) electrons. The Bertz CT molecular complexity index is 752. The summed E-state index contributed by atoms with van der Waals surface area (Å²) in [6.45, 7) is 2.68. The van der Waals surface area contributed by atoms with Crippen LogP contribution in [0.1, 0.15) is 11.4 Å². The van der Waals surface area contributed by atoms with E-state index in [9.17, 15) is 0 Å². The number of nitrogens with zero attached hydrogens (tertiary/aromatic N) is 3. The van der Waals surface area contributed by atoms with Crippen LogP contribution >= 0.6 is 34.2 Å². The molecule has 0 bridgehead atoms. The first-order valence-electron chi connectivity index (χ1n) is 5.87. The molecule has 1 aromatic carbocycles. The minimum Gasteiger partial charge on any atom is -0.308 e. The normalized spacial score (nSPS) is 11.1. The van der Waals surface area contributed by atoms with Gasteiger partial charge in [0, 0.05) is 14.8 Å². The van der Waals surface area contributed by atoms with Crippen molar-refractivity contribution in [2.45, 2.75) is 13.5 Å². The second kappa shape index (κ2) is 5.09. The molecule has 19 heavy (non-hydrogen) atoms. The van der Waals surface area contributed by atoms with Crippen LogP contribution in [0.3, 0.4) is 0 Å². The fourth-order valence-corrected chi connectivity index (χ4v) is 3.00. The molecule has 0 saturated carbocycles. The van der Waals surface area contributed by atoms with E-state index < -0.39 is 0 Å². The van der Waals surface area contributed by atoms with Crippen molar-refractivity contribution in [1.29, 1.82) is 0 Å². The van der Waals surface area contributed by atoms with E-state index in [0.29, 0.717) is 6.54 Å². The largest absolute Gasteiger partial charge is 0.308 e. The minimum absolute atomic E-state index is 0.690. The average molecular weight is 384 g/mol. The topological polar surface area (TPSA) is 30.7 Å². The van der Waals surface area contributed by atoms with Gasteiger partial charge >= 0.3 is 0 Å². The van der Waals surface area contributed by atoms with Crippen LogP contribution in [0, 0.1) is 10.5 Å². The molecular weight excluding hydrogens is 373 g/mol. The van der Waals surface area contributed by atoms with Gasteiger partial charge in [-0.05, 0) is 59.3 Å². The Hall–Kier alpha value is -1.14. The second-order valence-corrected chi connectivity index (χ2v) is 5.98. The lowest BCUT2D eigenvalue weighted by Gasteiger charge is -2.08. The third-order valence-corrected chi connectivity index (χ3v) is 4.06. The summed E-state index contributed by atoms with van der Waals surface area (Å²) in [4.78, 5) is 8.91. The molecule has 0 amide bonds. The van der Waals surface area contributed by atoms with Crippen LogP contribution in [0.2, 0.25) is 5.02 Å². The maximum atomic E-state index is 6.29. The Balaban J connectivity index is 2.08. The molecule has 0 unspecified atom stereocenters. The summed E-state index contributed by atoms with van der Waals surface area (Å²) >= 11 is 8.55. The van der Waals surface area contributed by atoms with Crippen LogP contribution in [0.25, 0.3) is 11.2 Å². The zero-order chi connectivity index (χ0) is 13.4. The molecule has 3 nitrogen and oxygen atoms in total. The molecule has 0 atom stereocenters. The summed E-state index contributed by atoms with van der Waals surface area (Å²) in [5.41, 5.74) is 2.89. The SMILES string of the molecule is Cc1nc2cccnc2n1Cc1ccc(I)cc1Cl. The predicted octanol–water partition coefficient (Wildman–Crippen LogP) is 4.05. The van der Waals surface area contributed by atoms with Crippen LogP contribution in [0.15, 0.2) is 36.5 Å². The van der Waals surface area contributed by atoms with E-state index in [1.54, 1.807) is 6.20 Å². The number of rotatable bonds is 2. The van der Waals surface area contributed by atoms with Gasteiger partial charge in [-0.15, -0.1) is 0 Å². The number of pyridine rings is 1. The second-order valence-electron chi connectivity index (χ2n) is 4.33. The van der Waals surface area contributed by atoms with Gasteiger partial charge in [-0.3, -0.25) is 0 Å². The first-order valence-corrected chi connectivity index (χ1v) is 7.32. The highest BCUT2D eigenvalue weighted by Crippen LogP contribution is 2.22. The van der Waals surface area contributed by atoms with E-state index in [0.717, 1.165) is 31.1 Å². The Morgan fingerprint density at radius 3 is 2.95 bits per heavy atom. The van der Waals surface area contributed by atoms with Crippen molar-refractivity contribution in [2.75, 3.05) is 0 Å². The van der Waals surface area contributed by atoms with Gasteiger partial charge in [-0.25, -0.2) is 9.97 Å². The van der Waals surface area contributed by atoms with Gasteiger partial charge < -0.3 is 4.57 Å². The van der Waals surface area contributed by atoms with E-state index in [-0.39, 0.29) is 0 Å². The molecule has 2 heterocycles. The fourth-order valence-electron chi connectivity index (χ4n) is 2.08. The van der Waals surface area contributed by atoms with E-state index in [4.69, 9.17) is 11.6 Å². The molecule has 0 saturated heterocycles. The zero-order valence-electron chi connectivity index (χ0n) is 10.3. The van der Waals surface area contributed by atoms with Crippen molar-refractivity contribution < 1.29 is 0 Å². The van der Waals surface area contributed by atoms with Gasteiger partial charge in [0.15, 0.2) is 5.65 Å². The van der Waals surface area contributed by atoms with E-state index >= 15 is 0 Å². The van der Waals surface area contributed by atoms with Crippen LogP contribution in [0.5, 0.6) is 0 Å². The molecule has 0 aliphatic heterocycles. The fraction of sp³-hybridized carbons (Fsp3) is 0.143. The number of hydrogen-bond acceptors (Lipinski definition) is 2. The molecule has 2 aromatic heterocycles. The molecule has 3 rings (SSSR count). The highest BCUT2D eigenvalue weighted by atomic mass is 127. The Morgan fingerprint density at radius 1 is 1.32 bits per heavy atom. The molecule has 0 N–H and O–H groups in total. The Kier molecular flexibility index (Phi) is 3.45. The van der Waals surface area contributed by atoms with Crippen LogP contribution in [0.4, 0.5) is 0 Å². The van der Waals surface area contributed by atoms with Crippen LogP contribution < -0.4 is 0 Å². The van der Waals surface area contributed by atoms with E-state index in [2.05, 4.69) is 49.3 Å². The number of benzene rings is 1. The van der Waals surface area contributed by atoms with Gasteiger partial charge in [0.25, 0.3) is 0 Å².